The van der Waals surface area contributed by atoms with Crippen LogP contribution in [0.4, 0.5) is 11.4 Å². The highest BCUT2D eigenvalue weighted by molar-refractivity contribution is 7.21. The van der Waals surface area contributed by atoms with Gasteiger partial charge in [-0.1, -0.05) is 25.1 Å². The number of para-hydroxylation sites is 1. The second kappa shape index (κ2) is 7.78. The van der Waals surface area contributed by atoms with Crippen molar-refractivity contribution in [1.82, 2.24) is 9.97 Å². The number of carbonyl (C=O) groups excluding carboxylic acids is 1. The van der Waals surface area contributed by atoms with Gasteiger partial charge in [0.15, 0.2) is 0 Å². The molecule has 3 heterocycles. The Labute approximate surface area is 167 Å². The van der Waals surface area contributed by atoms with Gasteiger partial charge in [0.1, 0.15) is 9.71 Å². The van der Waals surface area contributed by atoms with E-state index in [4.69, 9.17) is 10.7 Å². The van der Waals surface area contributed by atoms with E-state index in [0.29, 0.717) is 17.1 Å². The highest BCUT2D eigenvalue weighted by Gasteiger charge is 2.23. The van der Waals surface area contributed by atoms with E-state index < -0.39 is 0 Å². The molecule has 0 saturated carbocycles. The number of pyridine rings is 2. The summed E-state index contributed by atoms with van der Waals surface area (Å²) in [5.74, 6) is -0.0866. The number of benzene rings is 1. The molecule has 0 aliphatic carbocycles. The van der Waals surface area contributed by atoms with Crippen LogP contribution in [0.1, 0.15) is 23.0 Å². The van der Waals surface area contributed by atoms with Crippen LogP contribution in [0.5, 0.6) is 0 Å². The molecule has 0 spiro atoms. The largest absolute Gasteiger partial charge is 0.397 e. The van der Waals surface area contributed by atoms with Crippen molar-refractivity contribution in [2.45, 2.75) is 13.3 Å². The maximum absolute atomic E-state index is 13.3. The molecule has 140 valence electrons. The first kappa shape index (κ1) is 18.1. The molecule has 1 aromatic carbocycles. The summed E-state index contributed by atoms with van der Waals surface area (Å²) in [4.78, 5) is 25.2. The average Bonchev–Trinajstić information content (AvgIpc) is 3.09. The fourth-order valence-electron chi connectivity index (χ4n) is 3.13. The van der Waals surface area contributed by atoms with Crippen LogP contribution in [0, 0.1) is 0 Å². The van der Waals surface area contributed by atoms with E-state index in [0.717, 1.165) is 33.6 Å². The van der Waals surface area contributed by atoms with Crippen molar-refractivity contribution in [3.8, 4) is 11.3 Å². The number of amides is 1. The number of carbonyl (C=O) groups is 1. The van der Waals surface area contributed by atoms with Crippen molar-refractivity contribution >= 4 is 38.8 Å². The van der Waals surface area contributed by atoms with E-state index >= 15 is 0 Å². The molecule has 0 unspecified atom stereocenters. The van der Waals surface area contributed by atoms with E-state index in [9.17, 15) is 4.79 Å². The number of hydrogen-bond donors (Lipinski definition) is 1. The van der Waals surface area contributed by atoms with Crippen LogP contribution < -0.4 is 10.6 Å². The van der Waals surface area contributed by atoms with Gasteiger partial charge < -0.3 is 10.6 Å². The van der Waals surface area contributed by atoms with E-state index in [1.807, 2.05) is 54.6 Å². The summed E-state index contributed by atoms with van der Waals surface area (Å²) >= 11 is 1.34. The van der Waals surface area contributed by atoms with Crippen LogP contribution >= 0.6 is 11.3 Å². The first-order valence-corrected chi connectivity index (χ1v) is 9.97. The third-order valence-corrected chi connectivity index (χ3v) is 5.61. The molecule has 6 heteroatoms. The lowest BCUT2D eigenvalue weighted by molar-refractivity contribution is 0.0991. The molecule has 5 nitrogen and oxygen atoms in total. The standard InChI is InChI=1S/C22H20N4OS/c1-2-13-26(16-8-4-3-5-9-16)22(27)20-19(23)17-10-11-18(25-21(17)28-20)15-7-6-12-24-14-15/h3-12,14H,2,13,23H2,1H3. The van der Waals surface area contributed by atoms with Crippen molar-refractivity contribution < 1.29 is 4.79 Å². The minimum absolute atomic E-state index is 0.0866. The molecule has 3 aromatic heterocycles. The van der Waals surface area contributed by atoms with Crippen molar-refractivity contribution in [2.75, 3.05) is 17.2 Å². The monoisotopic (exact) mass is 388 g/mol. The molecule has 0 aliphatic rings. The topological polar surface area (TPSA) is 72.1 Å². The van der Waals surface area contributed by atoms with Crippen molar-refractivity contribution in [1.29, 1.82) is 0 Å². The van der Waals surface area contributed by atoms with Gasteiger partial charge in [0.2, 0.25) is 0 Å². The maximum Gasteiger partial charge on any atom is 0.270 e. The lowest BCUT2D eigenvalue weighted by atomic mass is 10.1. The number of hydrogen-bond acceptors (Lipinski definition) is 5. The molecule has 4 aromatic rings. The Kier molecular flexibility index (Phi) is 5.04. The molecule has 2 N–H and O–H groups in total. The quantitative estimate of drug-likeness (QED) is 0.522. The average molecular weight is 388 g/mol. The van der Waals surface area contributed by atoms with Gasteiger partial charge in [-0.25, -0.2) is 4.98 Å². The minimum atomic E-state index is -0.0866. The zero-order valence-corrected chi connectivity index (χ0v) is 16.3. The van der Waals surface area contributed by atoms with Gasteiger partial charge in [-0.15, -0.1) is 11.3 Å². The van der Waals surface area contributed by atoms with Gasteiger partial charge in [-0.05, 0) is 42.8 Å². The first-order chi connectivity index (χ1) is 13.7. The van der Waals surface area contributed by atoms with Crippen LogP contribution in [0.2, 0.25) is 0 Å². The van der Waals surface area contributed by atoms with E-state index in [2.05, 4.69) is 11.9 Å². The van der Waals surface area contributed by atoms with Gasteiger partial charge in [0.25, 0.3) is 5.91 Å². The SMILES string of the molecule is CCCN(C(=O)c1sc2nc(-c3cccnc3)ccc2c1N)c1ccccc1. The Morgan fingerprint density at radius 3 is 2.64 bits per heavy atom. The van der Waals surface area contributed by atoms with Gasteiger partial charge in [0, 0.05) is 35.6 Å². The summed E-state index contributed by atoms with van der Waals surface area (Å²) < 4.78 is 0. The summed E-state index contributed by atoms with van der Waals surface area (Å²) in [6.45, 7) is 2.68. The fourth-order valence-corrected chi connectivity index (χ4v) is 4.18. The Balaban J connectivity index is 1.75. The number of rotatable bonds is 5. The summed E-state index contributed by atoms with van der Waals surface area (Å²) in [6, 6.07) is 17.4. The molecule has 0 saturated heterocycles. The smallest absolute Gasteiger partial charge is 0.270 e. The molecule has 28 heavy (non-hydrogen) atoms. The minimum Gasteiger partial charge on any atom is -0.397 e. The lowest BCUT2D eigenvalue weighted by Gasteiger charge is -2.21. The molecule has 0 bridgehead atoms. The molecule has 0 radical (unpaired) electrons. The summed E-state index contributed by atoms with van der Waals surface area (Å²) in [6.07, 6.45) is 4.36. The number of anilines is 2. The Morgan fingerprint density at radius 2 is 1.93 bits per heavy atom. The normalized spacial score (nSPS) is 10.9. The van der Waals surface area contributed by atoms with E-state index in [-0.39, 0.29) is 5.91 Å². The van der Waals surface area contributed by atoms with Crippen molar-refractivity contribution in [2.24, 2.45) is 0 Å². The van der Waals surface area contributed by atoms with Crippen LogP contribution in [-0.4, -0.2) is 22.4 Å². The highest BCUT2D eigenvalue weighted by atomic mass is 32.1. The lowest BCUT2D eigenvalue weighted by Crippen LogP contribution is -2.31. The van der Waals surface area contributed by atoms with E-state index in [1.165, 1.54) is 11.3 Å². The third kappa shape index (κ3) is 3.34. The number of fused-ring (bicyclic) bond motifs is 1. The Hall–Kier alpha value is -3.25. The Bertz CT molecular complexity index is 1110. The molecule has 0 fully saturated rings. The number of nitrogens with zero attached hydrogens (tertiary/aromatic N) is 3. The van der Waals surface area contributed by atoms with Gasteiger partial charge >= 0.3 is 0 Å². The van der Waals surface area contributed by atoms with Gasteiger partial charge in [-0.3, -0.25) is 9.78 Å². The number of aromatic nitrogens is 2. The maximum atomic E-state index is 13.3. The van der Waals surface area contributed by atoms with Crippen molar-refractivity contribution in [3.05, 3.63) is 71.9 Å². The third-order valence-electron chi connectivity index (χ3n) is 4.51. The van der Waals surface area contributed by atoms with Crippen LogP contribution in [0.25, 0.3) is 21.5 Å². The predicted molar refractivity (Wildman–Crippen MR) is 116 cm³/mol. The van der Waals surface area contributed by atoms with Crippen LogP contribution in [0.3, 0.4) is 0 Å². The fraction of sp³-hybridized carbons (Fsp3) is 0.136. The first-order valence-electron chi connectivity index (χ1n) is 9.15. The summed E-state index contributed by atoms with van der Waals surface area (Å²) in [7, 11) is 0. The molecular weight excluding hydrogens is 368 g/mol. The van der Waals surface area contributed by atoms with Crippen LogP contribution in [-0.2, 0) is 0 Å². The van der Waals surface area contributed by atoms with Gasteiger partial charge in [0.05, 0.1) is 11.4 Å². The molecule has 4 rings (SSSR count). The highest BCUT2D eigenvalue weighted by Crippen LogP contribution is 2.35. The van der Waals surface area contributed by atoms with E-state index in [1.54, 1.807) is 17.3 Å². The van der Waals surface area contributed by atoms with Gasteiger partial charge in [-0.2, -0.15) is 0 Å². The zero-order valence-electron chi connectivity index (χ0n) is 15.5. The summed E-state index contributed by atoms with van der Waals surface area (Å²) in [5.41, 5.74) is 9.46. The Morgan fingerprint density at radius 1 is 1.11 bits per heavy atom. The second-order valence-corrected chi connectivity index (χ2v) is 7.43. The number of nitrogen functional groups attached to an aromatic ring is 1. The molecule has 0 atom stereocenters. The number of thiophene rings is 1. The zero-order chi connectivity index (χ0) is 19.5. The molecule has 1 amide bonds. The number of nitrogens with two attached hydrogens (primary N) is 1. The van der Waals surface area contributed by atoms with Crippen LogP contribution in [0.15, 0.2) is 67.0 Å². The van der Waals surface area contributed by atoms with Crippen molar-refractivity contribution in [3.63, 3.8) is 0 Å². The molecular formula is C22H20N4OS. The predicted octanol–water partition coefficient (Wildman–Crippen LogP) is 5.00. The molecule has 0 aliphatic heterocycles. The summed E-state index contributed by atoms with van der Waals surface area (Å²) in [5, 5.41) is 0.811. The second-order valence-electron chi connectivity index (χ2n) is 6.43.